The Hall–Kier alpha value is -0.486. The second-order valence-corrected chi connectivity index (χ2v) is 0.289. The first-order valence-electron chi connectivity index (χ1n) is 1.41. The summed E-state index contributed by atoms with van der Waals surface area (Å²) in [6, 6.07) is 0. The van der Waals surface area contributed by atoms with Crippen LogP contribution in [0.2, 0.25) is 0 Å². The molecule has 0 atom stereocenters. The minimum atomic E-state index is -0.500. The third-order valence-electron chi connectivity index (χ3n) is 0. The van der Waals surface area contributed by atoms with Crippen molar-refractivity contribution in [2.75, 3.05) is 0 Å². The Balaban J connectivity index is -0.0000000257. The van der Waals surface area contributed by atoms with E-state index in [0.717, 1.165) is 0 Å². The number of carboxylic acid groups (broad SMARTS) is 3. The molecule has 6 nitrogen and oxygen atoms in total. The normalized spacial score (nSPS) is 3.60. The van der Waals surface area contributed by atoms with Crippen LogP contribution in [0.15, 0.2) is 0 Å². The third kappa shape index (κ3) is 1350. The fourth-order valence-corrected chi connectivity index (χ4v) is 0. The second kappa shape index (κ2) is 76.1. The van der Waals surface area contributed by atoms with Gasteiger partial charge in [-0.15, -0.1) is 0 Å². The van der Waals surface area contributed by atoms with Crippen molar-refractivity contribution in [3.05, 3.63) is 0 Å². The number of carbonyl (C=O) groups is 3. The van der Waals surface area contributed by atoms with Gasteiger partial charge in [0.1, 0.15) is 0 Å². The molecule has 0 amide bonds. The molecule has 0 heterocycles. The van der Waals surface area contributed by atoms with Gasteiger partial charge in [0.25, 0.3) is 0 Å². The number of rotatable bonds is 0. The van der Waals surface area contributed by atoms with Gasteiger partial charge in [0.15, 0.2) is 0 Å². The van der Waals surface area contributed by atoms with Crippen molar-refractivity contribution in [2.24, 2.45) is 0 Å². The van der Waals surface area contributed by atoms with Crippen molar-refractivity contribution >= 4 is 19.4 Å². The minimum absolute atomic E-state index is 0. The summed E-state index contributed by atoms with van der Waals surface area (Å²) < 4.78 is 0. The molecule has 0 saturated carbocycles. The Morgan fingerprint density at radius 1 is 0.700 bits per heavy atom. The van der Waals surface area contributed by atoms with Crippen molar-refractivity contribution in [1.29, 1.82) is 0 Å². The molecule has 7 heteroatoms. The number of carbonyl (C=O) groups excluding carboxylic acids is 3. The standard InChI is InChI=1S/3CH2O2.Y/c3*2-1-3;/h3*1H,(H,2,3);/q;;;+3/p-3. The van der Waals surface area contributed by atoms with E-state index in [0.29, 0.717) is 0 Å². The van der Waals surface area contributed by atoms with Gasteiger partial charge in [-0.05, 0) is 0 Å². The van der Waals surface area contributed by atoms with Crippen LogP contribution in [-0.2, 0) is 47.1 Å². The zero-order chi connectivity index (χ0) is 8.12. The molecule has 0 fully saturated rings. The third-order valence-corrected chi connectivity index (χ3v) is 0. The fourth-order valence-electron chi connectivity index (χ4n) is 0. The van der Waals surface area contributed by atoms with Crippen molar-refractivity contribution in [3.8, 4) is 0 Å². The molecular formula is C3H3O6Y. The fraction of sp³-hybridized carbons (Fsp3) is 0. The first kappa shape index (κ1) is 22.7. The van der Waals surface area contributed by atoms with Crippen LogP contribution in [0, 0.1) is 0 Å². The van der Waals surface area contributed by atoms with Crippen LogP contribution in [0.3, 0.4) is 0 Å². The topological polar surface area (TPSA) is 120 Å². The predicted molar refractivity (Wildman–Crippen MR) is 18.2 cm³/mol. The smallest absolute Gasteiger partial charge is 0.554 e. The van der Waals surface area contributed by atoms with E-state index in [1.165, 1.54) is 0 Å². The molecule has 0 spiro atoms. The van der Waals surface area contributed by atoms with Crippen LogP contribution in [0.25, 0.3) is 0 Å². The molecule has 0 aliphatic rings. The van der Waals surface area contributed by atoms with Crippen molar-refractivity contribution in [1.82, 2.24) is 0 Å². The van der Waals surface area contributed by atoms with Crippen LogP contribution < -0.4 is 15.3 Å². The molecule has 0 unspecified atom stereocenters. The summed E-state index contributed by atoms with van der Waals surface area (Å²) in [5.74, 6) is 0. The van der Waals surface area contributed by atoms with E-state index in [2.05, 4.69) is 0 Å². The van der Waals surface area contributed by atoms with E-state index in [-0.39, 0.29) is 32.7 Å². The zero-order valence-electron chi connectivity index (χ0n) is 4.76. The van der Waals surface area contributed by atoms with E-state index >= 15 is 0 Å². The van der Waals surface area contributed by atoms with Gasteiger partial charge in [0, 0.05) is 19.4 Å². The van der Waals surface area contributed by atoms with Gasteiger partial charge in [-0.1, -0.05) is 0 Å². The summed E-state index contributed by atoms with van der Waals surface area (Å²) in [6.45, 7) is -1.50. The largest absolute Gasteiger partial charge is 3.00 e. The van der Waals surface area contributed by atoms with E-state index in [4.69, 9.17) is 29.7 Å². The first-order valence-corrected chi connectivity index (χ1v) is 1.41. The monoisotopic (exact) mass is 224 g/mol. The van der Waals surface area contributed by atoms with Gasteiger partial charge < -0.3 is 29.7 Å². The van der Waals surface area contributed by atoms with Gasteiger partial charge >= 0.3 is 32.7 Å². The van der Waals surface area contributed by atoms with Crippen LogP contribution in [0.4, 0.5) is 0 Å². The van der Waals surface area contributed by atoms with E-state index < -0.39 is 19.4 Å². The van der Waals surface area contributed by atoms with Gasteiger partial charge in [0.05, 0.1) is 0 Å². The molecule has 0 aromatic carbocycles. The maximum absolute atomic E-state index is 8.25. The average Bonchev–Trinajstić information content (AvgIpc) is 1.70. The summed E-state index contributed by atoms with van der Waals surface area (Å²) in [5, 5.41) is 24.8. The van der Waals surface area contributed by atoms with Crippen molar-refractivity contribution < 1.29 is 62.4 Å². The van der Waals surface area contributed by atoms with E-state index in [1.807, 2.05) is 0 Å². The zero-order valence-corrected chi connectivity index (χ0v) is 7.60. The van der Waals surface area contributed by atoms with Gasteiger partial charge in [-0.2, -0.15) is 0 Å². The summed E-state index contributed by atoms with van der Waals surface area (Å²) in [5.41, 5.74) is 0. The molecule has 0 rings (SSSR count). The number of hydrogen-bond donors (Lipinski definition) is 0. The molecule has 0 aliphatic carbocycles. The Kier molecular flexibility index (Phi) is 173. The van der Waals surface area contributed by atoms with Crippen LogP contribution in [0.5, 0.6) is 0 Å². The van der Waals surface area contributed by atoms with Gasteiger partial charge in [-0.3, -0.25) is 0 Å². The maximum atomic E-state index is 8.25. The molecule has 0 bridgehead atoms. The molecule has 0 aromatic heterocycles. The molecule has 0 N–H and O–H groups in total. The van der Waals surface area contributed by atoms with Crippen LogP contribution in [0.1, 0.15) is 0 Å². The molecule has 54 valence electrons. The first-order chi connectivity index (χ1) is 4.24. The summed E-state index contributed by atoms with van der Waals surface area (Å²) in [6.07, 6.45) is 0. The Labute approximate surface area is 81.7 Å². The minimum Gasteiger partial charge on any atom is -0.554 e. The molecular weight excluding hydrogens is 221 g/mol. The van der Waals surface area contributed by atoms with Crippen molar-refractivity contribution in [3.63, 3.8) is 0 Å². The van der Waals surface area contributed by atoms with Gasteiger partial charge in [0.2, 0.25) is 0 Å². The van der Waals surface area contributed by atoms with Crippen LogP contribution in [-0.4, -0.2) is 19.4 Å². The average molecular weight is 224 g/mol. The molecule has 0 radical (unpaired) electrons. The molecule has 0 aliphatic heterocycles. The summed E-state index contributed by atoms with van der Waals surface area (Å²) in [4.78, 5) is 24.8. The maximum Gasteiger partial charge on any atom is 3.00 e. The molecule has 10 heavy (non-hydrogen) atoms. The Morgan fingerprint density at radius 3 is 0.700 bits per heavy atom. The Bertz CT molecular complexity index is 49.7. The summed E-state index contributed by atoms with van der Waals surface area (Å²) in [7, 11) is 0. The quantitative estimate of drug-likeness (QED) is 0.380. The predicted octanol–water partition coefficient (Wildman–Crippen LogP) is -4.90. The number of hydrogen-bond acceptors (Lipinski definition) is 6. The Morgan fingerprint density at radius 2 is 0.700 bits per heavy atom. The van der Waals surface area contributed by atoms with Gasteiger partial charge in [-0.25, -0.2) is 0 Å². The van der Waals surface area contributed by atoms with Crippen molar-refractivity contribution in [2.45, 2.75) is 0 Å². The second-order valence-electron chi connectivity index (χ2n) is 0.289. The molecule has 0 aromatic rings. The summed E-state index contributed by atoms with van der Waals surface area (Å²) >= 11 is 0. The van der Waals surface area contributed by atoms with E-state index in [1.54, 1.807) is 0 Å². The van der Waals surface area contributed by atoms with E-state index in [9.17, 15) is 0 Å². The van der Waals surface area contributed by atoms with Crippen LogP contribution >= 0.6 is 0 Å². The molecule has 0 saturated heterocycles. The SMILES string of the molecule is O=C[O-].O=C[O-].O=C[O-].[Y+3].